The number of carbonyl (C=O) groups excluding carboxylic acids is 1. The van der Waals surface area contributed by atoms with Gasteiger partial charge in [0.1, 0.15) is 12.0 Å². The number of hydrogen-bond acceptors (Lipinski definition) is 6. The van der Waals surface area contributed by atoms with Crippen molar-refractivity contribution in [1.82, 2.24) is 10.3 Å². The van der Waals surface area contributed by atoms with Crippen molar-refractivity contribution in [1.29, 1.82) is 0 Å². The molecule has 4 N–H and O–H groups in total. The lowest BCUT2D eigenvalue weighted by Crippen LogP contribution is -2.26. The number of thioether (sulfide) groups is 1. The normalized spacial score (nSPS) is 12.1. The van der Waals surface area contributed by atoms with Gasteiger partial charge in [0.15, 0.2) is 5.69 Å². The molecule has 1 aromatic heterocycles. The Kier molecular flexibility index (Phi) is 6.49. The van der Waals surface area contributed by atoms with E-state index in [4.69, 9.17) is 10.2 Å². The Hall–Kier alpha value is -1.99. The standard InChI is InChI=1S/C16H21N3O3S/c1-23-9-7-13(17)16-19-14(10-22-16)15(21)18-8-6-11-2-4-12(20)5-3-11/h2-5,10,13,20H,6-9,17H2,1H3,(H,18,21). The highest BCUT2D eigenvalue weighted by Gasteiger charge is 2.16. The third-order valence-corrected chi connectivity index (χ3v) is 3.98. The molecule has 0 bridgehead atoms. The van der Waals surface area contributed by atoms with Crippen molar-refractivity contribution in [3.8, 4) is 5.75 Å². The highest BCUT2D eigenvalue weighted by Crippen LogP contribution is 2.15. The van der Waals surface area contributed by atoms with Gasteiger partial charge < -0.3 is 20.6 Å². The van der Waals surface area contributed by atoms with Gasteiger partial charge in [-0.15, -0.1) is 0 Å². The third kappa shape index (κ3) is 5.30. The van der Waals surface area contributed by atoms with Gasteiger partial charge in [0, 0.05) is 6.54 Å². The molecule has 0 aliphatic carbocycles. The number of phenolic OH excluding ortho intramolecular Hbond substituents is 1. The van der Waals surface area contributed by atoms with Crippen molar-refractivity contribution in [2.45, 2.75) is 18.9 Å². The van der Waals surface area contributed by atoms with Crippen molar-refractivity contribution < 1.29 is 14.3 Å². The van der Waals surface area contributed by atoms with E-state index in [1.165, 1.54) is 6.26 Å². The lowest BCUT2D eigenvalue weighted by molar-refractivity contribution is 0.0949. The fourth-order valence-electron chi connectivity index (χ4n) is 2.00. The molecule has 0 aliphatic rings. The Morgan fingerprint density at radius 3 is 2.87 bits per heavy atom. The van der Waals surface area contributed by atoms with Crippen LogP contribution in [0, 0.1) is 0 Å². The molecule has 1 atom stereocenters. The maximum atomic E-state index is 12.0. The van der Waals surface area contributed by atoms with Crippen LogP contribution in [0.1, 0.15) is 34.4 Å². The van der Waals surface area contributed by atoms with E-state index < -0.39 is 0 Å². The first-order valence-corrected chi connectivity index (χ1v) is 8.75. The average molecular weight is 335 g/mol. The fourth-order valence-corrected chi connectivity index (χ4v) is 2.49. The maximum Gasteiger partial charge on any atom is 0.273 e. The number of oxazole rings is 1. The second kappa shape index (κ2) is 8.59. The van der Waals surface area contributed by atoms with Gasteiger partial charge in [0.25, 0.3) is 5.91 Å². The number of benzene rings is 1. The molecule has 1 unspecified atom stereocenters. The van der Waals surface area contributed by atoms with Gasteiger partial charge in [0.2, 0.25) is 5.89 Å². The number of carbonyl (C=O) groups is 1. The zero-order valence-corrected chi connectivity index (χ0v) is 13.8. The minimum absolute atomic E-state index is 0.228. The topological polar surface area (TPSA) is 101 Å². The minimum atomic E-state index is -0.291. The molecule has 124 valence electrons. The van der Waals surface area contributed by atoms with Crippen LogP contribution < -0.4 is 11.1 Å². The molecule has 0 radical (unpaired) electrons. The molecule has 23 heavy (non-hydrogen) atoms. The lowest BCUT2D eigenvalue weighted by atomic mass is 10.1. The van der Waals surface area contributed by atoms with Gasteiger partial charge >= 0.3 is 0 Å². The van der Waals surface area contributed by atoms with E-state index in [-0.39, 0.29) is 23.4 Å². The summed E-state index contributed by atoms with van der Waals surface area (Å²) in [6.45, 7) is 0.477. The molecule has 0 saturated carbocycles. The smallest absolute Gasteiger partial charge is 0.273 e. The number of nitrogens with two attached hydrogens (primary N) is 1. The van der Waals surface area contributed by atoms with Crippen molar-refractivity contribution in [3.05, 3.63) is 47.7 Å². The first-order valence-electron chi connectivity index (χ1n) is 7.36. The van der Waals surface area contributed by atoms with Crippen LogP contribution in [0.2, 0.25) is 0 Å². The Labute approximate surface area is 139 Å². The molecule has 1 amide bonds. The number of amides is 1. The molecule has 0 fully saturated rings. The summed E-state index contributed by atoms with van der Waals surface area (Å²) in [6, 6.07) is 6.59. The summed E-state index contributed by atoms with van der Waals surface area (Å²) in [6.07, 6.45) is 4.77. The summed E-state index contributed by atoms with van der Waals surface area (Å²) < 4.78 is 5.29. The SMILES string of the molecule is CSCCC(N)c1nc(C(=O)NCCc2ccc(O)cc2)co1. The maximum absolute atomic E-state index is 12.0. The largest absolute Gasteiger partial charge is 0.508 e. The molecule has 6 nitrogen and oxygen atoms in total. The summed E-state index contributed by atoms with van der Waals surface area (Å²) in [7, 11) is 0. The van der Waals surface area contributed by atoms with Crippen LogP contribution in [0.3, 0.4) is 0 Å². The number of aromatic hydroxyl groups is 1. The number of nitrogens with one attached hydrogen (secondary N) is 1. The van der Waals surface area contributed by atoms with Crippen LogP contribution in [-0.4, -0.2) is 34.6 Å². The van der Waals surface area contributed by atoms with Crippen LogP contribution in [0.4, 0.5) is 0 Å². The summed E-state index contributed by atoms with van der Waals surface area (Å²) in [5.41, 5.74) is 7.23. The van der Waals surface area contributed by atoms with Crippen LogP contribution >= 0.6 is 11.8 Å². The lowest BCUT2D eigenvalue weighted by Gasteiger charge is -2.05. The van der Waals surface area contributed by atoms with E-state index in [9.17, 15) is 9.90 Å². The summed E-state index contributed by atoms with van der Waals surface area (Å²) >= 11 is 1.70. The quantitative estimate of drug-likeness (QED) is 0.683. The number of aromatic nitrogens is 1. The molecule has 0 saturated heterocycles. The van der Waals surface area contributed by atoms with Gasteiger partial charge in [-0.3, -0.25) is 4.79 Å². The van der Waals surface area contributed by atoms with Crippen molar-refractivity contribution in [2.75, 3.05) is 18.6 Å². The monoisotopic (exact) mass is 335 g/mol. The van der Waals surface area contributed by atoms with Gasteiger partial charge in [-0.2, -0.15) is 11.8 Å². The second-order valence-corrected chi connectivity index (χ2v) is 6.12. The molecule has 1 aromatic carbocycles. The van der Waals surface area contributed by atoms with Gasteiger partial charge in [0.05, 0.1) is 6.04 Å². The zero-order valence-electron chi connectivity index (χ0n) is 13.0. The summed E-state index contributed by atoms with van der Waals surface area (Å²) in [5, 5.41) is 12.0. The van der Waals surface area contributed by atoms with Crippen molar-refractivity contribution >= 4 is 17.7 Å². The van der Waals surface area contributed by atoms with Crippen LogP contribution in [0.5, 0.6) is 5.75 Å². The molecule has 2 rings (SSSR count). The van der Waals surface area contributed by atoms with Crippen LogP contribution in [0.15, 0.2) is 34.9 Å². The van der Waals surface area contributed by atoms with Crippen LogP contribution in [0.25, 0.3) is 0 Å². The predicted molar refractivity (Wildman–Crippen MR) is 90.6 cm³/mol. The van der Waals surface area contributed by atoms with Gasteiger partial charge in [-0.05, 0) is 42.5 Å². The fraction of sp³-hybridized carbons (Fsp3) is 0.375. The minimum Gasteiger partial charge on any atom is -0.508 e. The van der Waals surface area contributed by atoms with E-state index in [1.54, 1.807) is 23.9 Å². The molecular formula is C16H21N3O3S. The van der Waals surface area contributed by atoms with E-state index in [1.807, 2.05) is 18.4 Å². The van der Waals surface area contributed by atoms with Gasteiger partial charge in [-0.25, -0.2) is 4.98 Å². The Morgan fingerprint density at radius 1 is 1.43 bits per heavy atom. The van der Waals surface area contributed by atoms with E-state index in [0.29, 0.717) is 18.9 Å². The number of nitrogens with zero attached hydrogens (tertiary/aromatic N) is 1. The van der Waals surface area contributed by atoms with Crippen molar-refractivity contribution in [2.24, 2.45) is 5.73 Å². The predicted octanol–water partition coefficient (Wildman–Crippen LogP) is 2.11. The molecule has 1 heterocycles. The molecule has 7 heteroatoms. The van der Waals surface area contributed by atoms with E-state index in [2.05, 4.69) is 10.3 Å². The third-order valence-electron chi connectivity index (χ3n) is 3.34. The highest BCUT2D eigenvalue weighted by molar-refractivity contribution is 7.98. The van der Waals surface area contributed by atoms with E-state index >= 15 is 0 Å². The highest BCUT2D eigenvalue weighted by atomic mass is 32.2. The summed E-state index contributed by atoms with van der Waals surface area (Å²) in [5.74, 6) is 1.25. The first-order chi connectivity index (χ1) is 11.1. The number of rotatable bonds is 8. The van der Waals surface area contributed by atoms with Gasteiger partial charge in [-0.1, -0.05) is 12.1 Å². The number of phenols is 1. The zero-order chi connectivity index (χ0) is 16.7. The van der Waals surface area contributed by atoms with E-state index in [0.717, 1.165) is 17.7 Å². The van der Waals surface area contributed by atoms with Crippen LogP contribution in [-0.2, 0) is 6.42 Å². The average Bonchev–Trinajstić information content (AvgIpc) is 3.04. The molecular weight excluding hydrogens is 314 g/mol. The Balaban J connectivity index is 1.81. The summed E-state index contributed by atoms with van der Waals surface area (Å²) in [4.78, 5) is 16.2. The van der Waals surface area contributed by atoms with Crippen molar-refractivity contribution in [3.63, 3.8) is 0 Å². The molecule has 0 aliphatic heterocycles. The molecule has 0 spiro atoms. The first kappa shape index (κ1) is 17.4. The molecule has 2 aromatic rings. The Morgan fingerprint density at radius 2 is 2.17 bits per heavy atom. The number of hydrogen-bond donors (Lipinski definition) is 3. The Bertz CT molecular complexity index is 628. The second-order valence-electron chi connectivity index (χ2n) is 5.13.